The molecule has 156 valence electrons. The smallest absolute Gasteiger partial charge is 0.214 e. The summed E-state index contributed by atoms with van der Waals surface area (Å²) in [6.07, 6.45) is 4.26. The summed E-state index contributed by atoms with van der Waals surface area (Å²) in [7, 11) is 1.65. The van der Waals surface area contributed by atoms with Crippen molar-refractivity contribution in [3.63, 3.8) is 0 Å². The fourth-order valence-electron chi connectivity index (χ4n) is 3.45. The van der Waals surface area contributed by atoms with E-state index in [9.17, 15) is 4.79 Å². The molecule has 0 fully saturated rings. The number of ether oxygens (including phenoxy) is 1. The molecule has 32 heavy (non-hydrogen) atoms. The molecule has 4 heteroatoms. The number of pyridine rings is 1. The molecule has 0 radical (unpaired) electrons. The van der Waals surface area contributed by atoms with E-state index in [1.165, 1.54) is 0 Å². The van der Waals surface area contributed by atoms with E-state index in [0.29, 0.717) is 6.54 Å². The Morgan fingerprint density at radius 3 is 2.47 bits per heavy atom. The van der Waals surface area contributed by atoms with E-state index in [0.717, 1.165) is 45.7 Å². The summed E-state index contributed by atoms with van der Waals surface area (Å²) < 4.78 is 5.65. The van der Waals surface area contributed by atoms with Crippen molar-refractivity contribution in [3.05, 3.63) is 114 Å². The van der Waals surface area contributed by atoms with Crippen molar-refractivity contribution in [2.24, 2.45) is 0 Å². The highest BCUT2D eigenvalue weighted by Crippen LogP contribution is 2.29. The highest BCUT2D eigenvalue weighted by molar-refractivity contribution is 5.79. The number of hydrogen-bond donors (Lipinski definition) is 0. The van der Waals surface area contributed by atoms with Gasteiger partial charge in [-0.15, -0.1) is 0 Å². The minimum absolute atomic E-state index is 0.368. The number of anilines is 1. The number of benzene rings is 3. The molecule has 4 aromatic rings. The van der Waals surface area contributed by atoms with Crippen molar-refractivity contribution < 1.29 is 9.53 Å². The monoisotopic (exact) mass is 418 g/mol. The molecule has 1 heterocycles. The predicted octanol–water partition coefficient (Wildman–Crippen LogP) is 5.32. The largest absolute Gasteiger partial charge is 0.496 e. The van der Waals surface area contributed by atoms with Crippen LogP contribution < -0.4 is 9.64 Å². The fraction of sp³-hybridized carbons (Fsp3) is 0.0714. The van der Waals surface area contributed by atoms with E-state index in [1.54, 1.807) is 24.4 Å². The van der Waals surface area contributed by atoms with Crippen molar-refractivity contribution in [1.82, 2.24) is 4.98 Å². The number of hydrogen-bond acceptors (Lipinski definition) is 3. The standard InChI is InChI=1S/C28H22N2O2/c1-32-28-18-25(23-9-3-2-4-10-23)15-16-26(28)20-30(21-31)27-12-6-5-11-24(27)14-13-22-8-7-17-29-19-22/h2-12,15-19,21H,20H2,1H3. The Balaban J connectivity index is 1.63. The maximum Gasteiger partial charge on any atom is 0.214 e. The third-order valence-electron chi connectivity index (χ3n) is 5.08. The number of carbonyl (C=O) groups excluding carboxylic acids is 1. The van der Waals surface area contributed by atoms with Crippen LogP contribution in [-0.4, -0.2) is 18.5 Å². The number of methoxy groups -OCH3 is 1. The molecule has 0 aliphatic heterocycles. The van der Waals surface area contributed by atoms with Crippen LogP contribution in [0.2, 0.25) is 0 Å². The van der Waals surface area contributed by atoms with Gasteiger partial charge in [0.25, 0.3) is 0 Å². The first-order chi connectivity index (χ1) is 15.8. The molecule has 0 bridgehead atoms. The molecule has 0 spiro atoms. The van der Waals surface area contributed by atoms with Crippen LogP contribution in [0.4, 0.5) is 5.69 Å². The summed E-state index contributed by atoms with van der Waals surface area (Å²) in [4.78, 5) is 17.8. The number of aromatic nitrogens is 1. The Hall–Kier alpha value is -4.36. The molecule has 0 aliphatic carbocycles. The third-order valence-corrected chi connectivity index (χ3v) is 5.08. The molecule has 0 N–H and O–H groups in total. The summed E-state index contributed by atoms with van der Waals surface area (Å²) in [5, 5.41) is 0. The minimum atomic E-state index is 0.368. The van der Waals surface area contributed by atoms with Gasteiger partial charge in [0, 0.05) is 29.1 Å². The van der Waals surface area contributed by atoms with Crippen LogP contribution in [-0.2, 0) is 11.3 Å². The van der Waals surface area contributed by atoms with E-state index in [2.05, 4.69) is 29.0 Å². The number of carbonyl (C=O) groups is 1. The molecule has 3 aromatic carbocycles. The van der Waals surface area contributed by atoms with E-state index in [-0.39, 0.29) is 0 Å². The first-order valence-electron chi connectivity index (χ1n) is 10.2. The van der Waals surface area contributed by atoms with Gasteiger partial charge in [-0.25, -0.2) is 0 Å². The quantitative estimate of drug-likeness (QED) is 0.314. The second kappa shape index (κ2) is 10.1. The van der Waals surface area contributed by atoms with Crippen molar-refractivity contribution in [2.75, 3.05) is 12.0 Å². The highest BCUT2D eigenvalue weighted by Gasteiger charge is 2.14. The maximum atomic E-state index is 12.1. The molecular formula is C28H22N2O2. The van der Waals surface area contributed by atoms with Gasteiger partial charge in [0.05, 0.1) is 19.3 Å². The van der Waals surface area contributed by atoms with Gasteiger partial charge in [-0.05, 0) is 41.5 Å². The summed E-state index contributed by atoms with van der Waals surface area (Å²) in [6, 6.07) is 27.5. The van der Waals surface area contributed by atoms with Crippen LogP contribution in [0.3, 0.4) is 0 Å². The lowest BCUT2D eigenvalue weighted by Gasteiger charge is -2.21. The van der Waals surface area contributed by atoms with Crippen LogP contribution in [0.1, 0.15) is 16.7 Å². The van der Waals surface area contributed by atoms with Gasteiger partial charge in [0.15, 0.2) is 0 Å². The van der Waals surface area contributed by atoms with Gasteiger partial charge in [0.1, 0.15) is 5.75 Å². The average molecular weight is 418 g/mol. The van der Waals surface area contributed by atoms with E-state index < -0.39 is 0 Å². The second-order valence-electron chi connectivity index (χ2n) is 7.13. The van der Waals surface area contributed by atoms with Crippen LogP contribution in [0.25, 0.3) is 11.1 Å². The molecule has 0 saturated heterocycles. The lowest BCUT2D eigenvalue weighted by atomic mass is 10.0. The van der Waals surface area contributed by atoms with Crippen LogP contribution in [0, 0.1) is 11.8 Å². The normalized spacial score (nSPS) is 10.0. The summed E-state index contributed by atoms with van der Waals surface area (Å²) >= 11 is 0. The molecule has 4 rings (SSSR count). The SMILES string of the molecule is COc1cc(-c2ccccc2)ccc1CN(C=O)c1ccccc1C#Cc1cccnc1. The summed E-state index contributed by atoms with van der Waals surface area (Å²) in [5.74, 6) is 7.01. The first kappa shape index (κ1) is 20.9. The lowest BCUT2D eigenvalue weighted by Crippen LogP contribution is -2.21. The van der Waals surface area contributed by atoms with Crippen molar-refractivity contribution in [3.8, 4) is 28.7 Å². The first-order valence-corrected chi connectivity index (χ1v) is 10.2. The lowest BCUT2D eigenvalue weighted by molar-refractivity contribution is -0.107. The Labute approximate surface area is 188 Å². The van der Waals surface area contributed by atoms with Crippen molar-refractivity contribution in [2.45, 2.75) is 6.54 Å². The molecule has 0 aliphatic rings. The molecule has 0 atom stereocenters. The van der Waals surface area contributed by atoms with Gasteiger partial charge >= 0.3 is 0 Å². The zero-order valence-electron chi connectivity index (χ0n) is 17.7. The Kier molecular flexibility index (Phi) is 6.60. The second-order valence-corrected chi connectivity index (χ2v) is 7.13. The molecule has 0 saturated carbocycles. The molecule has 1 aromatic heterocycles. The Morgan fingerprint density at radius 2 is 1.72 bits per heavy atom. The Bertz CT molecular complexity index is 1260. The predicted molar refractivity (Wildman–Crippen MR) is 127 cm³/mol. The Morgan fingerprint density at radius 1 is 0.906 bits per heavy atom. The average Bonchev–Trinajstić information content (AvgIpc) is 2.87. The van der Waals surface area contributed by atoms with Gasteiger partial charge in [-0.2, -0.15) is 0 Å². The van der Waals surface area contributed by atoms with Crippen molar-refractivity contribution in [1.29, 1.82) is 0 Å². The van der Waals surface area contributed by atoms with E-state index in [1.807, 2.05) is 72.8 Å². The third kappa shape index (κ3) is 4.85. The van der Waals surface area contributed by atoms with Gasteiger partial charge in [0.2, 0.25) is 6.41 Å². The number of para-hydroxylation sites is 1. The summed E-state index contributed by atoms with van der Waals surface area (Å²) in [5.41, 5.74) is 5.41. The number of nitrogens with zero attached hydrogens (tertiary/aromatic N) is 2. The van der Waals surface area contributed by atoms with Crippen LogP contribution in [0.15, 0.2) is 97.3 Å². The van der Waals surface area contributed by atoms with E-state index >= 15 is 0 Å². The van der Waals surface area contributed by atoms with E-state index in [4.69, 9.17) is 4.74 Å². The number of rotatable bonds is 6. The van der Waals surface area contributed by atoms with Crippen molar-refractivity contribution >= 4 is 12.1 Å². The number of amides is 1. The van der Waals surface area contributed by atoms with Crippen LogP contribution in [0.5, 0.6) is 5.75 Å². The summed E-state index contributed by atoms with van der Waals surface area (Å²) in [6.45, 7) is 0.368. The molecular weight excluding hydrogens is 396 g/mol. The molecule has 4 nitrogen and oxygen atoms in total. The molecule has 1 amide bonds. The zero-order chi connectivity index (χ0) is 22.2. The zero-order valence-corrected chi connectivity index (χ0v) is 17.7. The fourth-order valence-corrected chi connectivity index (χ4v) is 3.45. The van der Waals surface area contributed by atoms with Gasteiger partial charge in [-0.1, -0.05) is 66.4 Å². The van der Waals surface area contributed by atoms with Gasteiger partial charge in [-0.3, -0.25) is 9.78 Å². The molecule has 0 unspecified atom stereocenters. The topological polar surface area (TPSA) is 42.4 Å². The van der Waals surface area contributed by atoms with Gasteiger partial charge < -0.3 is 9.64 Å². The highest BCUT2D eigenvalue weighted by atomic mass is 16.5. The maximum absolute atomic E-state index is 12.1. The van der Waals surface area contributed by atoms with Crippen LogP contribution >= 0.6 is 0 Å². The minimum Gasteiger partial charge on any atom is -0.496 e.